The van der Waals surface area contributed by atoms with Crippen molar-refractivity contribution in [1.82, 2.24) is 10.2 Å². The zero-order chi connectivity index (χ0) is 23.5. The van der Waals surface area contributed by atoms with Gasteiger partial charge in [-0.2, -0.15) is 0 Å². The van der Waals surface area contributed by atoms with Gasteiger partial charge in [0.1, 0.15) is 17.5 Å². The van der Waals surface area contributed by atoms with E-state index in [0.717, 1.165) is 12.0 Å². The molecule has 2 amide bonds. The van der Waals surface area contributed by atoms with Crippen molar-refractivity contribution in [1.29, 1.82) is 0 Å². The smallest absolute Gasteiger partial charge is 0.261 e. The van der Waals surface area contributed by atoms with Crippen LogP contribution in [-0.2, 0) is 22.6 Å². The molecule has 0 aliphatic heterocycles. The van der Waals surface area contributed by atoms with Gasteiger partial charge in [0.05, 0.1) is 7.11 Å². The summed E-state index contributed by atoms with van der Waals surface area (Å²) in [7, 11) is 1.61. The fourth-order valence-corrected chi connectivity index (χ4v) is 3.36. The van der Waals surface area contributed by atoms with Gasteiger partial charge in [0.25, 0.3) is 5.91 Å². The molecule has 0 radical (unpaired) electrons. The van der Waals surface area contributed by atoms with E-state index in [-0.39, 0.29) is 18.4 Å². The fraction of sp³-hybridized carbons (Fsp3) is 0.462. The Kier molecular flexibility index (Phi) is 10.1. The highest BCUT2D eigenvalue weighted by Gasteiger charge is 2.29. The number of nitrogens with zero attached hydrogens (tertiary/aromatic N) is 1. The van der Waals surface area contributed by atoms with E-state index in [1.165, 1.54) is 5.56 Å². The van der Waals surface area contributed by atoms with E-state index in [1.807, 2.05) is 69.3 Å². The van der Waals surface area contributed by atoms with Gasteiger partial charge in [0.15, 0.2) is 6.61 Å². The zero-order valence-electron chi connectivity index (χ0n) is 19.9. The molecule has 2 rings (SSSR count). The highest BCUT2D eigenvalue weighted by Crippen LogP contribution is 2.18. The zero-order valence-corrected chi connectivity index (χ0v) is 19.9. The lowest BCUT2D eigenvalue weighted by atomic mass is 10.1. The predicted octanol–water partition coefficient (Wildman–Crippen LogP) is 4.22. The van der Waals surface area contributed by atoms with Crippen LogP contribution in [0.1, 0.15) is 45.2 Å². The molecule has 0 aromatic heterocycles. The first kappa shape index (κ1) is 25.2. The van der Waals surface area contributed by atoms with Crippen molar-refractivity contribution in [2.45, 2.75) is 53.1 Å². The van der Waals surface area contributed by atoms with Gasteiger partial charge in [-0.25, -0.2) is 0 Å². The Hall–Kier alpha value is -3.02. The molecule has 0 unspecified atom stereocenters. The Labute approximate surface area is 191 Å². The Morgan fingerprint density at radius 3 is 2.31 bits per heavy atom. The number of amides is 2. The monoisotopic (exact) mass is 440 g/mol. The van der Waals surface area contributed by atoms with Crippen LogP contribution in [0, 0.1) is 5.92 Å². The average molecular weight is 441 g/mol. The minimum absolute atomic E-state index is 0.136. The first-order valence-corrected chi connectivity index (χ1v) is 11.3. The van der Waals surface area contributed by atoms with Crippen molar-refractivity contribution in [2.24, 2.45) is 5.92 Å². The highest BCUT2D eigenvalue weighted by atomic mass is 16.5. The Balaban J connectivity index is 2.19. The minimum atomic E-state index is -0.585. The van der Waals surface area contributed by atoms with Crippen LogP contribution >= 0.6 is 0 Å². The molecule has 0 saturated heterocycles. The van der Waals surface area contributed by atoms with Crippen molar-refractivity contribution in [2.75, 3.05) is 20.3 Å². The molecular formula is C26H36N2O4. The van der Waals surface area contributed by atoms with Crippen molar-refractivity contribution < 1.29 is 19.1 Å². The number of carbonyl (C=O) groups excluding carboxylic acids is 2. The normalized spacial score (nSPS) is 11.7. The molecule has 6 nitrogen and oxygen atoms in total. The summed E-state index contributed by atoms with van der Waals surface area (Å²) in [6, 6.07) is 14.7. The molecule has 2 aromatic rings. The molecule has 2 aromatic carbocycles. The van der Waals surface area contributed by atoms with Crippen LogP contribution in [0.3, 0.4) is 0 Å². The summed E-state index contributed by atoms with van der Waals surface area (Å²) < 4.78 is 11.1. The van der Waals surface area contributed by atoms with Crippen molar-refractivity contribution in [3.8, 4) is 11.5 Å². The van der Waals surface area contributed by atoms with E-state index in [2.05, 4.69) is 12.2 Å². The molecule has 6 heteroatoms. The third-order valence-corrected chi connectivity index (χ3v) is 5.25. The number of nitrogens with one attached hydrogen (secondary N) is 1. The van der Waals surface area contributed by atoms with Crippen LogP contribution in [0.15, 0.2) is 48.5 Å². The Morgan fingerprint density at radius 1 is 1.00 bits per heavy atom. The maximum absolute atomic E-state index is 13.2. The second-order valence-corrected chi connectivity index (χ2v) is 8.22. The molecule has 0 bridgehead atoms. The minimum Gasteiger partial charge on any atom is -0.497 e. The second kappa shape index (κ2) is 12.7. The summed E-state index contributed by atoms with van der Waals surface area (Å²) >= 11 is 0. The van der Waals surface area contributed by atoms with Crippen LogP contribution in [0.4, 0.5) is 0 Å². The number of methoxy groups -OCH3 is 1. The van der Waals surface area contributed by atoms with E-state index in [1.54, 1.807) is 12.0 Å². The molecule has 1 N–H and O–H groups in total. The largest absolute Gasteiger partial charge is 0.497 e. The van der Waals surface area contributed by atoms with Gasteiger partial charge in [-0.1, -0.05) is 52.0 Å². The maximum atomic E-state index is 13.2. The van der Waals surface area contributed by atoms with Gasteiger partial charge in [0, 0.05) is 13.1 Å². The molecule has 0 fully saturated rings. The molecule has 174 valence electrons. The summed E-state index contributed by atoms with van der Waals surface area (Å²) in [5.41, 5.74) is 2.09. The lowest BCUT2D eigenvalue weighted by Gasteiger charge is -2.31. The van der Waals surface area contributed by atoms with Gasteiger partial charge in [-0.05, 0) is 54.2 Å². The lowest BCUT2D eigenvalue weighted by Crippen LogP contribution is -2.50. The third-order valence-electron chi connectivity index (χ3n) is 5.25. The Morgan fingerprint density at radius 2 is 1.72 bits per heavy atom. The molecule has 0 heterocycles. The van der Waals surface area contributed by atoms with Gasteiger partial charge in [0.2, 0.25) is 5.91 Å². The van der Waals surface area contributed by atoms with Crippen LogP contribution in [-0.4, -0.2) is 43.0 Å². The number of rotatable bonds is 12. The maximum Gasteiger partial charge on any atom is 0.261 e. The predicted molar refractivity (Wildman–Crippen MR) is 127 cm³/mol. The molecule has 0 aliphatic rings. The summed E-state index contributed by atoms with van der Waals surface area (Å²) in [6.45, 7) is 8.80. The molecule has 0 aliphatic carbocycles. The standard InChI is InChI=1S/C26H36N2O4/c1-6-20-11-13-22(14-12-20)32-18-25(29)28(17-21-9-8-10-23(15-21)31-5)24(7-2)26(30)27-16-19(3)4/h8-15,19,24H,6-7,16-18H2,1-5H3,(H,27,30)/t24-/m1/s1. The summed E-state index contributed by atoms with van der Waals surface area (Å²) in [5.74, 6) is 1.28. The highest BCUT2D eigenvalue weighted by molar-refractivity contribution is 5.88. The van der Waals surface area contributed by atoms with Gasteiger partial charge in [-0.15, -0.1) is 0 Å². The van der Waals surface area contributed by atoms with Crippen LogP contribution in [0.2, 0.25) is 0 Å². The molecular weight excluding hydrogens is 404 g/mol. The number of hydrogen-bond acceptors (Lipinski definition) is 4. The van der Waals surface area contributed by atoms with Gasteiger partial charge in [-0.3, -0.25) is 9.59 Å². The van der Waals surface area contributed by atoms with Crippen LogP contribution in [0.25, 0.3) is 0 Å². The SMILES string of the molecule is CCc1ccc(OCC(=O)N(Cc2cccc(OC)c2)[C@H](CC)C(=O)NCC(C)C)cc1. The van der Waals surface area contributed by atoms with E-state index in [0.29, 0.717) is 36.9 Å². The van der Waals surface area contributed by atoms with Crippen molar-refractivity contribution in [3.05, 3.63) is 59.7 Å². The number of carbonyl (C=O) groups is 2. The van der Waals surface area contributed by atoms with E-state index in [9.17, 15) is 9.59 Å². The Bertz CT molecular complexity index is 864. The van der Waals surface area contributed by atoms with E-state index < -0.39 is 6.04 Å². The number of aryl methyl sites for hydroxylation is 1. The van der Waals surface area contributed by atoms with Gasteiger partial charge >= 0.3 is 0 Å². The summed E-state index contributed by atoms with van der Waals surface area (Å²) in [4.78, 5) is 27.7. The first-order chi connectivity index (χ1) is 15.4. The molecule has 32 heavy (non-hydrogen) atoms. The fourth-order valence-electron chi connectivity index (χ4n) is 3.36. The van der Waals surface area contributed by atoms with Gasteiger partial charge < -0.3 is 19.7 Å². The van der Waals surface area contributed by atoms with E-state index in [4.69, 9.17) is 9.47 Å². The summed E-state index contributed by atoms with van der Waals surface area (Å²) in [6.07, 6.45) is 1.45. The second-order valence-electron chi connectivity index (χ2n) is 8.22. The number of benzene rings is 2. The lowest BCUT2D eigenvalue weighted by molar-refractivity contribution is -0.143. The van der Waals surface area contributed by atoms with E-state index >= 15 is 0 Å². The number of ether oxygens (including phenoxy) is 2. The molecule has 0 saturated carbocycles. The van der Waals surface area contributed by atoms with Crippen molar-refractivity contribution >= 4 is 11.8 Å². The summed E-state index contributed by atoms with van der Waals surface area (Å²) in [5, 5.41) is 2.96. The van der Waals surface area contributed by atoms with Crippen LogP contribution in [0.5, 0.6) is 11.5 Å². The first-order valence-electron chi connectivity index (χ1n) is 11.3. The number of hydrogen-bond donors (Lipinski definition) is 1. The molecule has 0 spiro atoms. The quantitative estimate of drug-likeness (QED) is 0.537. The molecule has 1 atom stereocenters. The average Bonchev–Trinajstić information content (AvgIpc) is 2.81. The topological polar surface area (TPSA) is 67.9 Å². The third kappa shape index (κ3) is 7.59. The van der Waals surface area contributed by atoms with Crippen LogP contribution < -0.4 is 14.8 Å². The van der Waals surface area contributed by atoms with Crippen molar-refractivity contribution in [3.63, 3.8) is 0 Å².